The molecule has 0 spiro atoms. The summed E-state index contributed by atoms with van der Waals surface area (Å²) in [5, 5.41) is 3.30. The summed E-state index contributed by atoms with van der Waals surface area (Å²) in [6.07, 6.45) is 0.385. The molecule has 1 saturated heterocycles. The van der Waals surface area contributed by atoms with Crippen molar-refractivity contribution in [3.05, 3.63) is 0 Å². The number of carbonyl (C=O) groups excluding carboxylic acids is 2. The molecule has 1 fully saturated rings. The highest BCUT2D eigenvalue weighted by atomic mass is 79.9. The monoisotopic (exact) mass is 357 g/mol. The lowest BCUT2D eigenvalue weighted by Gasteiger charge is -2.32. The van der Waals surface area contributed by atoms with Gasteiger partial charge in [-0.15, -0.1) is 0 Å². The number of halogens is 2. The van der Waals surface area contributed by atoms with Gasteiger partial charge in [0.05, 0.1) is 19.6 Å². The number of hydrogen-bond donors (Lipinski definition) is 1. The highest BCUT2D eigenvalue weighted by Crippen LogP contribution is 2.20. The van der Waals surface area contributed by atoms with Crippen molar-refractivity contribution in [1.82, 2.24) is 5.32 Å². The summed E-state index contributed by atoms with van der Waals surface area (Å²) >= 11 is 6.53. The summed E-state index contributed by atoms with van der Waals surface area (Å²) in [7, 11) is 1.33. The molecule has 92 valence electrons. The van der Waals surface area contributed by atoms with E-state index >= 15 is 0 Å². The van der Waals surface area contributed by atoms with Gasteiger partial charge < -0.3 is 14.8 Å². The van der Waals surface area contributed by atoms with Crippen LogP contribution in [0.4, 0.5) is 0 Å². The quantitative estimate of drug-likeness (QED) is 0.436. The Hall–Kier alpha value is -0.140. The lowest BCUT2D eigenvalue weighted by Crippen LogP contribution is -2.53. The standard InChI is InChI=1S/C9H13Br2NO4/c1-15-9(14)8(11)5(2-3-10)16-7-4-6(13)12-7/h5,7-8H,2-4H2,1H3,(H,12,13). The minimum Gasteiger partial charge on any atom is -0.468 e. The molecular weight excluding hydrogens is 346 g/mol. The van der Waals surface area contributed by atoms with Crippen molar-refractivity contribution in [2.75, 3.05) is 12.4 Å². The summed E-state index contributed by atoms with van der Waals surface area (Å²) in [5.74, 6) is -0.414. The van der Waals surface area contributed by atoms with E-state index in [0.29, 0.717) is 18.2 Å². The summed E-state index contributed by atoms with van der Waals surface area (Å²) in [6.45, 7) is 0. The van der Waals surface area contributed by atoms with Gasteiger partial charge >= 0.3 is 5.97 Å². The van der Waals surface area contributed by atoms with Crippen LogP contribution in [0, 0.1) is 0 Å². The van der Waals surface area contributed by atoms with E-state index in [0.717, 1.165) is 0 Å². The van der Waals surface area contributed by atoms with Crippen LogP contribution in [0.3, 0.4) is 0 Å². The van der Waals surface area contributed by atoms with E-state index in [4.69, 9.17) is 4.74 Å². The molecule has 0 radical (unpaired) electrons. The van der Waals surface area contributed by atoms with Crippen LogP contribution < -0.4 is 5.32 Å². The number of hydrogen-bond acceptors (Lipinski definition) is 4. The SMILES string of the molecule is COC(=O)C(Br)C(CCBr)OC1CC(=O)N1. The Morgan fingerprint density at radius 1 is 1.69 bits per heavy atom. The fraction of sp³-hybridized carbons (Fsp3) is 0.778. The minimum absolute atomic E-state index is 0.0354. The first-order valence-corrected chi connectivity index (χ1v) is 6.85. The molecule has 0 bridgehead atoms. The first-order valence-electron chi connectivity index (χ1n) is 4.81. The van der Waals surface area contributed by atoms with Crippen LogP contribution in [-0.4, -0.2) is 41.5 Å². The maximum atomic E-state index is 11.3. The van der Waals surface area contributed by atoms with Crippen LogP contribution in [0.5, 0.6) is 0 Å². The van der Waals surface area contributed by atoms with Crippen molar-refractivity contribution < 1.29 is 19.1 Å². The van der Waals surface area contributed by atoms with Gasteiger partial charge in [0.2, 0.25) is 5.91 Å². The second kappa shape index (κ2) is 6.56. The molecule has 1 rings (SSSR count). The number of amides is 1. The Labute approximate surface area is 110 Å². The molecule has 3 unspecified atom stereocenters. The predicted molar refractivity (Wildman–Crippen MR) is 64.6 cm³/mol. The zero-order valence-corrected chi connectivity index (χ0v) is 11.9. The molecule has 16 heavy (non-hydrogen) atoms. The Bertz CT molecular complexity index is 266. The maximum absolute atomic E-state index is 11.3. The van der Waals surface area contributed by atoms with Crippen molar-refractivity contribution >= 4 is 43.7 Å². The van der Waals surface area contributed by atoms with E-state index in [9.17, 15) is 9.59 Å². The van der Waals surface area contributed by atoms with Crippen LogP contribution in [0.25, 0.3) is 0 Å². The lowest BCUT2D eigenvalue weighted by molar-refractivity contribution is -0.151. The van der Waals surface area contributed by atoms with Crippen LogP contribution in [0.2, 0.25) is 0 Å². The largest absolute Gasteiger partial charge is 0.468 e. The van der Waals surface area contributed by atoms with Crippen molar-refractivity contribution in [2.24, 2.45) is 0 Å². The second-order valence-electron chi connectivity index (χ2n) is 3.34. The normalized spacial score (nSPS) is 22.9. The minimum atomic E-state index is -0.521. The number of rotatable bonds is 6. The molecular formula is C9H13Br2NO4. The van der Waals surface area contributed by atoms with Gasteiger partial charge in [-0.2, -0.15) is 0 Å². The van der Waals surface area contributed by atoms with E-state index in [1.807, 2.05) is 0 Å². The van der Waals surface area contributed by atoms with E-state index < -0.39 is 4.83 Å². The first kappa shape index (κ1) is 13.9. The number of β-lactam (4-membered cyclic amide) rings is 1. The fourth-order valence-electron chi connectivity index (χ4n) is 1.28. The number of alkyl halides is 2. The molecule has 1 aliphatic heterocycles. The van der Waals surface area contributed by atoms with Gasteiger partial charge in [0.1, 0.15) is 11.1 Å². The van der Waals surface area contributed by atoms with Gasteiger partial charge in [-0.05, 0) is 6.42 Å². The van der Waals surface area contributed by atoms with Crippen molar-refractivity contribution in [2.45, 2.75) is 30.0 Å². The zero-order valence-electron chi connectivity index (χ0n) is 8.74. The van der Waals surface area contributed by atoms with Gasteiger partial charge in [0, 0.05) is 5.33 Å². The molecule has 7 heteroatoms. The zero-order chi connectivity index (χ0) is 12.1. The summed E-state index contributed by atoms with van der Waals surface area (Å²) in [4.78, 5) is 21.5. The highest BCUT2D eigenvalue weighted by Gasteiger charge is 2.34. The number of esters is 1. The molecule has 1 heterocycles. The van der Waals surface area contributed by atoms with Crippen molar-refractivity contribution in [3.8, 4) is 0 Å². The number of carbonyl (C=O) groups is 2. The second-order valence-corrected chi connectivity index (χ2v) is 5.12. The number of ether oxygens (including phenoxy) is 2. The van der Waals surface area contributed by atoms with Gasteiger partial charge in [-0.1, -0.05) is 31.9 Å². The van der Waals surface area contributed by atoms with Gasteiger partial charge in [0.25, 0.3) is 0 Å². The molecule has 0 aromatic carbocycles. The Morgan fingerprint density at radius 3 is 2.75 bits per heavy atom. The Morgan fingerprint density at radius 2 is 2.31 bits per heavy atom. The molecule has 0 aliphatic carbocycles. The van der Waals surface area contributed by atoms with Crippen LogP contribution >= 0.6 is 31.9 Å². The Balaban J connectivity index is 2.45. The average molecular weight is 359 g/mol. The third kappa shape index (κ3) is 3.71. The predicted octanol–water partition coefficient (Wildman–Crippen LogP) is 0.939. The van der Waals surface area contributed by atoms with E-state index in [-0.39, 0.29) is 24.2 Å². The highest BCUT2D eigenvalue weighted by molar-refractivity contribution is 9.10. The molecule has 5 nitrogen and oxygen atoms in total. The fourth-order valence-corrected chi connectivity index (χ4v) is 2.30. The van der Waals surface area contributed by atoms with Gasteiger partial charge in [-0.25, -0.2) is 0 Å². The summed E-state index contributed by atoms with van der Waals surface area (Å²) in [6, 6.07) is 0. The maximum Gasteiger partial charge on any atom is 0.322 e. The molecule has 1 N–H and O–H groups in total. The summed E-state index contributed by atoms with van der Waals surface area (Å²) in [5.41, 5.74) is 0. The molecule has 0 aromatic rings. The first-order chi connectivity index (χ1) is 7.58. The van der Waals surface area contributed by atoms with E-state index in [1.54, 1.807) is 0 Å². The number of methoxy groups -OCH3 is 1. The third-order valence-corrected chi connectivity index (χ3v) is 3.60. The summed E-state index contributed by atoms with van der Waals surface area (Å²) < 4.78 is 10.2. The van der Waals surface area contributed by atoms with Crippen LogP contribution in [0.15, 0.2) is 0 Å². The lowest BCUT2D eigenvalue weighted by atomic mass is 10.1. The van der Waals surface area contributed by atoms with Gasteiger partial charge in [-0.3, -0.25) is 9.59 Å². The molecule has 3 atom stereocenters. The molecule has 0 saturated carbocycles. The van der Waals surface area contributed by atoms with Crippen molar-refractivity contribution in [1.29, 1.82) is 0 Å². The molecule has 1 amide bonds. The van der Waals surface area contributed by atoms with E-state index in [2.05, 4.69) is 41.9 Å². The Kier molecular flexibility index (Phi) is 5.71. The van der Waals surface area contributed by atoms with Crippen molar-refractivity contribution in [3.63, 3.8) is 0 Å². The molecule has 0 aromatic heterocycles. The van der Waals surface area contributed by atoms with Crippen LogP contribution in [0.1, 0.15) is 12.8 Å². The smallest absolute Gasteiger partial charge is 0.322 e. The number of nitrogens with one attached hydrogen (secondary N) is 1. The third-order valence-electron chi connectivity index (χ3n) is 2.18. The topological polar surface area (TPSA) is 64.6 Å². The van der Waals surface area contributed by atoms with E-state index in [1.165, 1.54) is 7.11 Å². The van der Waals surface area contributed by atoms with Gasteiger partial charge in [0.15, 0.2) is 0 Å². The molecule has 1 aliphatic rings. The van der Waals surface area contributed by atoms with Crippen LogP contribution in [-0.2, 0) is 19.1 Å². The average Bonchev–Trinajstić information content (AvgIpc) is 2.24.